The predicted octanol–water partition coefficient (Wildman–Crippen LogP) is 2.02. The van der Waals surface area contributed by atoms with Crippen LogP contribution in [-0.2, 0) is 15.0 Å². The summed E-state index contributed by atoms with van der Waals surface area (Å²) in [5.41, 5.74) is 0.452. The lowest BCUT2D eigenvalue weighted by molar-refractivity contribution is -0.141. The van der Waals surface area contributed by atoms with E-state index in [0.717, 1.165) is 5.56 Å². The molecule has 1 aliphatic rings. The number of hydrogen-bond donors (Lipinski definition) is 1. The highest BCUT2D eigenvalue weighted by Crippen LogP contribution is 2.37. The van der Waals surface area contributed by atoms with Crippen LogP contribution in [0.3, 0.4) is 0 Å². The largest absolute Gasteiger partial charge is 0.295 e. The van der Waals surface area contributed by atoms with Crippen molar-refractivity contribution in [2.45, 2.75) is 32.1 Å². The average Bonchev–Trinajstić information content (AvgIpc) is 2.35. The third-order valence-corrected chi connectivity index (χ3v) is 3.70. The van der Waals surface area contributed by atoms with Crippen LogP contribution in [0.4, 0.5) is 0 Å². The van der Waals surface area contributed by atoms with Gasteiger partial charge in [0.05, 0.1) is 5.41 Å². The van der Waals surface area contributed by atoms with Crippen LogP contribution < -0.4 is 5.32 Å². The first-order valence-electron chi connectivity index (χ1n) is 6.01. The lowest BCUT2D eigenvalue weighted by atomic mass is 9.69. The lowest BCUT2D eigenvalue weighted by Gasteiger charge is -2.37. The highest BCUT2D eigenvalue weighted by Gasteiger charge is 2.45. The summed E-state index contributed by atoms with van der Waals surface area (Å²) in [6.07, 6.45) is 1.30. The van der Waals surface area contributed by atoms with E-state index < -0.39 is 5.41 Å². The molecule has 17 heavy (non-hydrogen) atoms. The Morgan fingerprint density at radius 1 is 1.29 bits per heavy atom. The zero-order valence-corrected chi connectivity index (χ0v) is 10.2. The molecule has 0 aromatic heterocycles. The maximum atomic E-state index is 12.2. The summed E-state index contributed by atoms with van der Waals surface area (Å²) in [7, 11) is 0. The fourth-order valence-corrected chi connectivity index (χ4v) is 2.58. The maximum absolute atomic E-state index is 12.2. The number of amides is 2. The van der Waals surface area contributed by atoms with E-state index in [1.165, 1.54) is 0 Å². The van der Waals surface area contributed by atoms with Gasteiger partial charge in [-0.15, -0.1) is 0 Å². The average molecular weight is 231 g/mol. The van der Waals surface area contributed by atoms with E-state index >= 15 is 0 Å². The fourth-order valence-electron chi connectivity index (χ4n) is 2.58. The third-order valence-electron chi connectivity index (χ3n) is 3.70. The van der Waals surface area contributed by atoms with E-state index in [1.807, 2.05) is 44.2 Å². The van der Waals surface area contributed by atoms with Gasteiger partial charge in [0.1, 0.15) is 0 Å². The normalized spacial score (nSPS) is 28.9. The molecule has 0 spiro atoms. The van der Waals surface area contributed by atoms with Crippen LogP contribution in [0.15, 0.2) is 30.3 Å². The Hall–Kier alpha value is -1.64. The first-order valence-corrected chi connectivity index (χ1v) is 6.01. The van der Waals surface area contributed by atoms with E-state index in [9.17, 15) is 9.59 Å². The molecule has 2 atom stereocenters. The number of nitrogens with one attached hydrogen (secondary N) is 1. The molecule has 0 bridgehead atoms. The molecule has 1 aromatic rings. The molecule has 1 N–H and O–H groups in total. The Morgan fingerprint density at radius 3 is 2.53 bits per heavy atom. The van der Waals surface area contributed by atoms with Crippen molar-refractivity contribution in [1.29, 1.82) is 0 Å². The van der Waals surface area contributed by atoms with E-state index in [0.29, 0.717) is 12.8 Å². The van der Waals surface area contributed by atoms with Crippen LogP contribution >= 0.6 is 0 Å². The minimum atomic E-state index is -0.547. The Kier molecular flexibility index (Phi) is 3.01. The molecule has 3 heteroatoms. The van der Waals surface area contributed by atoms with Crippen molar-refractivity contribution in [3.63, 3.8) is 0 Å². The van der Waals surface area contributed by atoms with Crippen molar-refractivity contribution in [3.8, 4) is 0 Å². The first-order chi connectivity index (χ1) is 8.10. The Labute approximate surface area is 101 Å². The van der Waals surface area contributed by atoms with E-state index in [2.05, 4.69) is 5.32 Å². The van der Waals surface area contributed by atoms with E-state index in [1.54, 1.807) is 0 Å². The van der Waals surface area contributed by atoms with Crippen LogP contribution in [0.5, 0.6) is 0 Å². The van der Waals surface area contributed by atoms with E-state index in [4.69, 9.17) is 0 Å². The van der Waals surface area contributed by atoms with Gasteiger partial charge in [-0.25, -0.2) is 0 Å². The summed E-state index contributed by atoms with van der Waals surface area (Å²) in [6.45, 7) is 3.87. The minimum Gasteiger partial charge on any atom is -0.295 e. The molecule has 1 saturated heterocycles. The Morgan fingerprint density at radius 2 is 1.94 bits per heavy atom. The number of piperidine rings is 1. The van der Waals surface area contributed by atoms with Gasteiger partial charge < -0.3 is 0 Å². The second kappa shape index (κ2) is 4.32. The second-order valence-corrected chi connectivity index (χ2v) is 4.73. The minimum absolute atomic E-state index is 0.118. The fraction of sp³-hybridized carbons (Fsp3) is 0.429. The number of carbonyl (C=O) groups is 2. The molecule has 3 nitrogen and oxygen atoms in total. The molecule has 0 saturated carbocycles. The summed E-state index contributed by atoms with van der Waals surface area (Å²) in [5, 5.41) is 2.49. The van der Waals surface area contributed by atoms with Gasteiger partial charge >= 0.3 is 0 Å². The second-order valence-electron chi connectivity index (χ2n) is 4.73. The van der Waals surface area contributed by atoms with Crippen molar-refractivity contribution < 1.29 is 9.59 Å². The summed E-state index contributed by atoms with van der Waals surface area (Å²) in [6, 6.07) is 9.72. The molecular formula is C14H17NO2. The van der Waals surface area contributed by atoms with Gasteiger partial charge in [-0.05, 0) is 18.4 Å². The number of benzene rings is 1. The summed E-state index contributed by atoms with van der Waals surface area (Å²) >= 11 is 0. The first kappa shape index (κ1) is 11.8. The van der Waals surface area contributed by atoms with Gasteiger partial charge in [0.2, 0.25) is 11.8 Å². The third kappa shape index (κ3) is 1.86. The van der Waals surface area contributed by atoms with Gasteiger partial charge in [-0.3, -0.25) is 14.9 Å². The smallest absolute Gasteiger partial charge is 0.237 e. The molecule has 1 aromatic carbocycles. The van der Waals surface area contributed by atoms with Gasteiger partial charge in [0.25, 0.3) is 0 Å². The van der Waals surface area contributed by atoms with E-state index in [-0.39, 0.29) is 17.7 Å². The van der Waals surface area contributed by atoms with Gasteiger partial charge in [-0.1, -0.05) is 44.2 Å². The summed E-state index contributed by atoms with van der Waals surface area (Å²) < 4.78 is 0. The maximum Gasteiger partial charge on any atom is 0.237 e. The quantitative estimate of drug-likeness (QED) is 0.791. The number of imide groups is 1. The molecule has 0 radical (unpaired) electrons. The lowest BCUT2D eigenvalue weighted by Crippen LogP contribution is -2.54. The molecular weight excluding hydrogens is 214 g/mol. The Bertz CT molecular complexity index is 441. The van der Waals surface area contributed by atoms with Gasteiger partial charge in [-0.2, -0.15) is 0 Å². The Balaban J connectivity index is 2.44. The van der Waals surface area contributed by atoms with Crippen LogP contribution in [-0.4, -0.2) is 11.8 Å². The van der Waals surface area contributed by atoms with Crippen molar-refractivity contribution in [2.75, 3.05) is 0 Å². The molecule has 0 aliphatic carbocycles. The zero-order valence-electron chi connectivity index (χ0n) is 10.2. The van der Waals surface area contributed by atoms with Crippen molar-refractivity contribution in [2.24, 2.45) is 5.92 Å². The molecule has 0 unspecified atom stereocenters. The molecule has 1 aliphatic heterocycles. The van der Waals surface area contributed by atoms with Crippen molar-refractivity contribution >= 4 is 11.8 Å². The highest BCUT2D eigenvalue weighted by molar-refractivity contribution is 6.04. The van der Waals surface area contributed by atoms with Crippen LogP contribution in [0, 0.1) is 5.92 Å². The number of carbonyl (C=O) groups excluding carboxylic acids is 2. The topological polar surface area (TPSA) is 46.2 Å². The zero-order chi connectivity index (χ0) is 12.5. The summed E-state index contributed by atoms with van der Waals surface area (Å²) in [4.78, 5) is 23.7. The molecule has 1 heterocycles. The van der Waals surface area contributed by atoms with Crippen molar-refractivity contribution in [1.82, 2.24) is 5.32 Å². The van der Waals surface area contributed by atoms with Gasteiger partial charge in [0.15, 0.2) is 0 Å². The van der Waals surface area contributed by atoms with Crippen LogP contribution in [0.25, 0.3) is 0 Å². The SMILES string of the molecule is CC[C@@]1(c2ccccc2)C[C@H](C)C(=O)NC1=O. The standard InChI is InChI=1S/C14H17NO2/c1-3-14(11-7-5-4-6-8-11)9-10(2)12(16)15-13(14)17/h4-8,10H,3,9H2,1-2H3,(H,15,16,17)/t10-,14-/m0/s1. The monoisotopic (exact) mass is 231 g/mol. The summed E-state index contributed by atoms with van der Waals surface area (Å²) in [5.74, 6) is -0.433. The molecule has 2 amide bonds. The molecule has 2 rings (SSSR count). The van der Waals surface area contributed by atoms with Crippen LogP contribution in [0.1, 0.15) is 32.3 Å². The highest BCUT2D eigenvalue weighted by atomic mass is 16.2. The van der Waals surface area contributed by atoms with Crippen LogP contribution in [0.2, 0.25) is 0 Å². The molecule has 90 valence electrons. The molecule has 1 fully saturated rings. The van der Waals surface area contributed by atoms with Gasteiger partial charge in [0, 0.05) is 5.92 Å². The number of hydrogen-bond acceptors (Lipinski definition) is 2. The van der Waals surface area contributed by atoms with Crippen molar-refractivity contribution in [3.05, 3.63) is 35.9 Å². The predicted molar refractivity (Wildman–Crippen MR) is 65.3 cm³/mol. The number of rotatable bonds is 2.